The van der Waals surface area contributed by atoms with Crippen molar-refractivity contribution in [3.63, 3.8) is 0 Å². The lowest BCUT2D eigenvalue weighted by molar-refractivity contribution is 0.378. The first-order valence-electron chi connectivity index (χ1n) is 2.41. The Bertz CT molecular complexity index is 163. The number of rotatable bonds is 2. The SMILES string of the molecule is CC(C)=C=CO[PH](=O)O. The van der Waals surface area contributed by atoms with Gasteiger partial charge in [-0.25, -0.2) is 4.57 Å². The van der Waals surface area contributed by atoms with Gasteiger partial charge in [-0.2, -0.15) is 0 Å². The van der Waals surface area contributed by atoms with Gasteiger partial charge in [-0.15, -0.1) is 0 Å². The average molecular weight is 148 g/mol. The summed E-state index contributed by atoms with van der Waals surface area (Å²) < 4.78 is 14.1. The summed E-state index contributed by atoms with van der Waals surface area (Å²) in [7, 11) is -2.81. The van der Waals surface area contributed by atoms with Gasteiger partial charge in [0.25, 0.3) is 0 Å². The molecule has 0 saturated carbocycles. The summed E-state index contributed by atoms with van der Waals surface area (Å²) in [6.45, 7) is 3.63. The van der Waals surface area contributed by atoms with Crippen LogP contribution in [0.3, 0.4) is 0 Å². The van der Waals surface area contributed by atoms with E-state index in [1.807, 2.05) is 13.8 Å². The molecule has 52 valence electrons. The van der Waals surface area contributed by atoms with E-state index < -0.39 is 8.25 Å². The fourth-order valence-electron chi connectivity index (χ4n) is 0.198. The summed E-state index contributed by atoms with van der Waals surface area (Å²) in [6, 6.07) is 0. The van der Waals surface area contributed by atoms with E-state index >= 15 is 0 Å². The summed E-state index contributed by atoms with van der Waals surface area (Å²) in [5.41, 5.74) is 3.51. The normalized spacial score (nSPS) is 11.4. The first-order valence-corrected chi connectivity index (χ1v) is 3.67. The molecule has 0 rings (SSSR count). The summed E-state index contributed by atoms with van der Waals surface area (Å²) in [4.78, 5) is 8.11. The van der Waals surface area contributed by atoms with Crippen LogP contribution in [0.25, 0.3) is 0 Å². The molecule has 4 heteroatoms. The highest BCUT2D eigenvalue weighted by molar-refractivity contribution is 7.32. The Labute approximate surface area is 54.6 Å². The van der Waals surface area contributed by atoms with E-state index in [0.29, 0.717) is 0 Å². The van der Waals surface area contributed by atoms with E-state index in [9.17, 15) is 4.57 Å². The highest BCUT2D eigenvalue weighted by atomic mass is 31.1. The van der Waals surface area contributed by atoms with Crippen molar-refractivity contribution >= 4 is 8.25 Å². The molecule has 1 N–H and O–H groups in total. The highest BCUT2D eigenvalue weighted by Crippen LogP contribution is 2.13. The number of hydrogen-bond acceptors (Lipinski definition) is 2. The molecular weight excluding hydrogens is 139 g/mol. The third-order valence-electron chi connectivity index (χ3n) is 0.507. The molecule has 0 amide bonds. The van der Waals surface area contributed by atoms with Crippen LogP contribution in [0.4, 0.5) is 0 Å². The van der Waals surface area contributed by atoms with E-state index in [4.69, 9.17) is 4.89 Å². The van der Waals surface area contributed by atoms with Crippen molar-refractivity contribution in [2.24, 2.45) is 0 Å². The van der Waals surface area contributed by atoms with Crippen LogP contribution in [0, 0.1) is 0 Å². The molecular formula is C5H9O3P. The van der Waals surface area contributed by atoms with Crippen LogP contribution in [-0.4, -0.2) is 4.89 Å². The number of allylic oxidation sites excluding steroid dienone is 1. The molecule has 9 heavy (non-hydrogen) atoms. The van der Waals surface area contributed by atoms with Gasteiger partial charge < -0.3 is 9.42 Å². The van der Waals surface area contributed by atoms with Crippen molar-refractivity contribution in [1.29, 1.82) is 0 Å². The Hall–Kier alpha value is -0.490. The maximum atomic E-state index is 9.86. The minimum absolute atomic E-state index is 0.901. The van der Waals surface area contributed by atoms with Gasteiger partial charge in [0.05, 0.1) is 0 Å². The summed E-state index contributed by atoms with van der Waals surface area (Å²) >= 11 is 0. The van der Waals surface area contributed by atoms with Crippen LogP contribution in [-0.2, 0) is 9.09 Å². The maximum absolute atomic E-state index is 9.86. The predicted molar refractivity (Wildman–Crippen MR) is 35.2 cm³/mol. The van der Waals surface area contributed by atoms with E-state index in [2.05, 4.69) is 10.3 Å². The lowest BCUT2D eigenvalue weighted by Crippen LogP contribution is -1.60. The molecule has 0 radical (unpaired) electrons. The van der Waals surface area contributed by atoms with Crippen molar-refractivity contribution in [3.8, 4) is 0 Å². The molecule has 1 unspecified atom stereocenters. The Kier molecular flexibility index (Phi) is 4.16. The third kappa shape index (κ3) is 7.51. The van der Waals surface area contributed by atoms with Crippen LogP contribution in [0.2, 0.25) is 0 Å². The third-order valence-corrected chi connectivity index (χ3v) is 0.827. The van der Waals surface area contributed by atoms with Crippen molar-refractivity contribution in [3.05, 3.63) is 17.6 Å². The molecule has 0 fully saturated rings. The lowest BCUT2D eigenvalue weighted by atomic mass is 10.4. The van der Waals surface area contributed by atoms with Gasteiger partial charge in [-0.05, 0) is 19.4 Å². The quantitative estimate of drug-likeness (QED) is 0.366. The molecule has 0 aromatic carbocycles. The molecule has 0 aromatic rings. The second kappa shape index (κ2) is 4.39. The monoisotopic (exact) mass is 148 g/mol. The first-order chi connectivity index (χ1) is 4.13. The Morgan fingerprint density at radius 1 is 1.78 bits per heavy atom. The smallest absolute Gasteiger partial charge is 0.365 e. The zero-order valence-corrected chi connectivity index (χ0v) is 6.34. The van der Waals surface area contributed by atoms with E-state index in [1.54, 1.807) is 0 Å². The van der Waals surface area contributed by atoms with Crippen LogP contribution in [0.15, 0.2) is 17.6 Å². The van der Waals surface area contributed by atoms with Crippen LogP contribution in [0.1, 0.15) is 13.8 Å². The van der Waals surface area contributed by atoms with Crippen LogP contribution < -0.4 is 0 Å². The molecule has 0 aliphatic heterocycles. The standard InChI is InChI=1S/C5H9O3P/c1-5(2)3-4-8-9(6)7/h4,9H,1-2H3,(H,6,7). The Morgan fingerprint density at radius 3 is 2.67 bits per heavy atom. The van der Waals surface area contributed by atoms with Gasteiger partial charge in [0, 0.05) is 0 Å². The number of hydrogen-bond donors (Lipinski definition) is 1. The predicted octanol–water partition coefficient (Wildman–Crippen LogP) is 1.46. The van der Waals surface area contributed by atoms with Crippen molar-refractivity contribution in [2.75, 3.05) is 0 Å². The van der Waals surface area contributed by atoms with Gasteiger partial charge in [-0.1, -0.05) is 5.73 Å². The zero-order valence-electron chi connectivity index (χ0n) is 5.34. The van der Waals surface area contributed by atoms with Crippen LogP contribution >= 0.6 is 8.25 Å². The molecule has 0 saturated heterocycles. The molecule has 3 nitrogen and oxygen atoms in total. The van der Waals surface area contributed by atoms with E-state index in [1.165, 1.54) is 0 Å². The second-order valence-corrected chi connectivity index (χ2v) is 2.41. The van der Waals surface area contributed by atoms with Crippen LogP contribution in [0.5, 0.6) is 0 Å². The van der Waals surface area contributed by atoms with Gasteiger partial charge >= 0.3 is 8.25 Å². The molecule has 1 atom stereocenters. The molecule has 0 aliphatic rings. The van der Waals surface area contributed by atoms with Crippen molar-refractivity contribution in [1.82, 2.24) is 0 Å². The maximum Gasteiger partial charge on any atom is 0.365 e. The molecule has 0 bridgehead atoms. The van der Waals surface area contributed by atoms with Gasteiger partial charge in [0.15, 0.2) is 0 Å². The minimum atomic E-state index is -2.81. The summed E-state index contributed by atoms with van der Waals surface area (Å²) in [6.07, 6.45) is 1.09. The lowest BCUT2D eigenvalue weighted by Gasteiger charge is -1.86. The molecule has 0 spiro atoms. The van der Waals surface area contributed by atoms with E-state index in [0.717, 1.165) is 11.8 Å². The molecule has 0 aromatic heterocycles. The van der Waals surface area contributed by atoms with Crippen molar-refractivity contribution in [2.45, 2.75) is 13.8 Å². The summed E-state index contributed by atoms with van der Waals surface area (Å²) in [5, 5.41) is 0. The average Bonchev–Trinajstić information content (AvgIpc) is 1.63. The largest absolute Gasteiger partial charge is 0.426 e. The Morgan fingerprint density at radius 2 is 2.33 bits per heavy atom. The fraction of sp³-hybridized carbons (Fsp3) is 0.400. The fourth-order valence-corrected chi connectivity index (χ4v) is 0.357. The van der Waals surface area contributed by atoms with Gasteiger partial charge in [0.2, 0.25) is 0 Å². The van der Waals surface area contributed by atoms with Gasteiger partial charge in [-0.3, -0.25) is 0 Å². The molecule has 0 aliphatic carbocycles. The second-order valence-electron chi connectivity index (χ2n) is 1.65. The minimum Gasteiger partial charge on any atom is -0.426 e. The summed E-state index contributed by atoms with van der Waals surface area (Å²) in [5.74, 6) is 0. The van der Waals surface area contributed by atoms with E-state index in [-0.39, 0.29) is 0 Å². The van der Waals surface area contributed by atoms with Gasteiger partial charge in [0.1, 0.15) is 6.26 Å². The Balaban J connectivity index is 3.74. The topological polar surface area (TPSA) is 46.5 Å². The zero-order chi connectivity index (χ0) is 7.28. The molecule has 0 heterocycles. The highest BCUT2D eigenvalue weighted by Gasteiger charge is 1.80. The first kappa shape index (κ1) is 8.51. The van der Waals surface area contributed by atoms with Crippen molar-refractivity contribution < 1.29 is 14.0 Å².